The van der Waals surface area contributed by atoms with Crippen LogP contribution in [0.15, 0.2) is 52.1 Å². The van der Waals surface area contributed by atoms with Crippen molar-refractivity contribution in [3.05, 3.63) is 65.0 Å². The van der Waals surface area contributed by atoms with E-state index in [0.29, 0.717) is 24.2 Å². The van der Waals surface area contributed by atoms with Crippen LogP contribution in [0.3, 0.4) is 0 Å². The Morgan fingerprint density at radius 1 is 1.14 bits per heavy atom. The molecular formula is C21H22FN3O2S. The van der Waals surface area contributed by atoms with E-state index < -0.39 is 0 Å². The third kappa shape index (κ3) is 5.19. The predicted octanol–water partition coefficient (Wildman–Crippen LogP) is 4.63. The van der Waals surface area contributed by atoms with Gasteiger partial charge in [-0.1, -0.05) is 41.1 Å². The van der Waals surface area contributed by atoms with Crippen molar-refractivity contribution in [1.82, 2.24) is 15.1 Å². The average molecular weight is 399 g/mol. The lowest BCUT2D eigenvalue weighted by Crippen LogP contribution is -2.31. The number of hydrogen-bond acceptors (Lipinski definition) is 5. The van der Waals surface area contributed by atoms with Crippen LogP contribution in [0.5, 0.6) is 0 Å². The maximum atomic E-state index is 13.3. The molecule has 0 spiro atoms. The van der Waals surface area contributed by atoms with Gasteiger partial charge in [0.25, 0.3) is 5.22 Å². The molecule has 3 rings (SSSR count). The minimum atomic E-state index is -0.305. The van der Waals surface area contributed by atoms with Gasteiger partial charge in [0.2, 0.25) is 11.8 Å². The van der Waals surface area contributed by atoms with E-state index in [1.165, 1.54) is 23.9 Å². The molecule has 2 aromatic carbocycles. The summed E-state index contributed by atoms with van der Waals surface area (Å²) in [7, 11) is 0. The van der Waals surface area contributed by atoms with Gasteiger partial charge in [0, 0.05) is 18.7 Å². The molecule has 1 amide bonds. The van der Waals surface area contributed by atoms with Crippen molar-refractivity contribution in [2.24, 2.45) is 0 Å². The number of carbonyl (C=O) groups is 1. The number of carbonyl (C=O) groups excluding carboxylic acids is 1. The van der Waals surface area contributed by atoms with Crippen LogP contribution in [0.4, 0.5) is 4.39 Å². The standard InChI is InChI=1S/C21H22FN3O2S/c1-4-25(12-16-6-5-7-18(22)11-16)19(26)13-28-21-24-23-20(27-21)17-9-14(2)8-15(3)10-17/h5-11H,4,12-13H2,1-3H3. The fourth-order valence-electron chi connectivity index (χ4n) is 2.93. The zero-order valence-corrected chi connectivity index (χ0v) is 16.9. The molecule has 0 bridgehead atoms. The van der Waals surface area contributed by atoms with Crippen molar-refractivity contribution in [2.75, 3.05) is 12.3 Å². The van der Waals surface area contributed by atoms with Gasteiger partial charge in [0.15, 0.2) is 0 Å². The van der Waals surface area contributed by atoms with Crippen LogP contribution >= 0.6 is 11.8 Å². The van der Waals surface area contributed by atoms with E-state index in [4.69, 9.17) is 4.42 Å². The number of rotatable bonds is 7. The van der Waals surface area contributed by atoms with Gasteiger partial charge in [-0.15, -0.1) is 10.2 Å². The summed E-state index contributed by atoms with van der Waals surface area (Å²) in [6.07, 6.45) is 0. The molecule has 0 radical (unpaired) electrons. The molecule has 0 fully saturated rings. The lowest BCUT2D eigenvalue weighted by atomic mass is 10.1. The molecule has 7 heteroatoms. The Labute approximate surface area is 168 Å². The zero-order valence-electron chi connectivity index (χ0n) is 16.1. The Bertz CT molecular complexity index is 954. The highest BCUT2D eigenvalue weighted by Crippen LogP contribution is 2.25. The Hall–Kier alpha value is -2.67. The Morgan fingerprint density at radius 3 is 2.57 bits per heavy atom. The van der Waals surface area contributed by atoms with Crippen LogP contribution in [0.25, 0.3) is 11.5 Å². The van der Waals surface area contributed by atoms with Gasteiger partial charge in [0.1, 0.15) is 5.82 Å². The quantitative estimate of drug-likeness (QED) is 0.542. The highest BCUT2D eigenvalue weighted by molar-refractivity contribution is 7.99. The largest absolute Gasteiger partial charge is 0.411 e. The minimum absolute atomic E-state index is 0.0667. The first-order valence-corrected chi connectivity index (χ1v) is 10.0. The molecule has 0 saturated heterocycles. The van der Waals surface area contributed by atoms with Gasteiger partial charge in [-0.3, -0.25) is 4.79 Å². The Kier molecular flexibility index (Phi) is 6.46. The highest BCUT2D eigenvalue weighted by atomic mass is 32.2. The molecule has 146 valence electrons. The number of aromatic nitrogens is 2. The number of hydrogen-bond donors (Lipinski definition) is 0. The Balaban J connectivity index is 1.61. The van der Waals surface area contributed by atoms with Crippen LogP contribution in [0.2, 0.25) is 0 Å². The molecule has 1 heterocycles. The van der Waals surface area contributed by atoms with E-state index >= 15 is 0 Å². The summed E-state index contributed by atoms with van der Waals surface area (Å²) in [4.78, 5) is 14.2. The maximum Gasteiger partial charge on any atom is 0.277 e. The molecule has 28 heavy (non-hydrogen) atoms. The van der Waals surface area contributed by atoms with Crippen LogP contribution < -0.4 is 0 Å². The molecule has 0 aliphatic carbocycles. The van der Waals surface area contributed by atoms with Crippen LogP contribution in [-0.2, 0) is 11.3 Å². The molecule has 0 atom stereocenters. The monoisotopic (exact) mass is 399 g/mol. The minimum Gasteiger partial charge on any atom is -0.411 e. The van der Waals surface area contributed by atoms with Crippen molar-refractivity contribution >= 4 is 17.7 Å². The molecule has 0 aliphatic rings. The van der Waals surface area contributed by atoms with E-state index in [1.807, 2.05) is 32.9 Å². The van der Waals surface area contributed by atoms with Crippen LogP contribution in [0, 0.1) is 19.7 Å². The second-order valence-corrected chi connectivity index (χ2v) is 7.50. The van der Waals surface area contributed by atoms with Gasteiger partial charge < -0.3 is 9.32 Å². The molecule has 0 saturated carbocycles. The molecule has 1 aromatic heterocycles. The number of benzene rings is 2. The van der Waals surface area contributed by atoms with E-state index in [0.717, 1.165) is 22.3 Å². The summed E-state index contributed by atoms with van der Waals surface area (Å²) in [5, 5.41) is 8.47. The van der Waals surface area contributed by atoms with Gasteiger partial charge in [-0.2, -0.15) is 0 Å². The molecule has 5 nitrogen and oxygen atoms in total. The normalized spacial score (nSPS) is 10.9. The summed E-state index contributed by atoms with van der Waals surface area (Å²) in [6.45, 7) is 6.82. The van der Waals surface area contributed by atoms with E-state index in [9.17, 15) is 9.18 Å². The summed E-state index contributed by atoms with van der Waals surface area (Å²) >= 11 is 1.20. The van der Waals surface area contributed by atoms with Crippen molar-refractivity contribution in [1.29, 1.82) is 0 Å². The fraction of sp³-hybridized carbons (Fsp3) is 0.286. The van der Waals surface area contributed by atoms with Crippen LogP contribution in [0.1, 0.15) is 23.6 Å². The van der Waals surface area contributed by atoms with Crippen molar-refractivity contribution < 1.29 is 13.6 Å². The SMILES string of the molecule is CCN(Cc1cccc(F)c1)C(=O)CSc1nnc(-c2cc(C)cc(C)c2)o1. The number of halogens is 1. The highest BCUT2D eigenvalue weighted by Gasteiger charge is 2.16. The molecule has 3 aromatic rings. The second-order valence-electron chi connectivity index (χ2n) is 6.58. The van der Waals surface area contributed by atoms with Gasteiger partial charge in [0.05, 0.1) is 5.75 Å². The molecule has 0 unspecified atom stereocenters. The van der Waals surface area contributed by atoms with Crippen molar-refractivity contribution in [3.63, 3.8) is 0 Å². The predicted molar refractivity (Wildman–Crippen MR) is 107 cm³/mol. The first-order valence-electron chi connectivity index (χ1n) is 9.02. The average Bonchev–Trinajstić information content (AvgIpc) is 3.12. The summed E-state index contributed by atoms with van der Waals surface area (Å²) in [5.41, 5.74) is 3.86. The summed E-state index contributed by atoms with van der Waals surface area (Å²) < 4.78 is 19.0. The summed E-state index contributed by atoms with van der Waals surface area (Å²) in [6, 6.07) is 12.3. The number of aryl methyl sites for hydroxylation is 2. The Morgan fingerprint density at radius 2 is 1.89 bits per heavy atom. The number of amides is 1. The topological polar surface area (TPSA) is 59.2 Å². The third-order valence-electron chi connectivity index (χ3n) is 4.19. The molecular weight excluding hydrogens is 377 g/mol. The third-order valence-corrected chi connectivity index (χ3v) is 4.99. The fourth-order valence-corrected chi connectivity index (χ4v) is 3.60. The number of nitrogens with zero attached hydrogens (tertiary/aromatic N) is 3. The van der Waals surface area contributed by atoms with Crippen LogP contribution in [-0.4, -0.2) is 33.3 Å². The van der Waals surface area contributed by atoms with Crippen molar-refractivity contribution in [2.45, 2.75) is 32.5 Å². The van der Waals surface area contributed by atoms with E-state index in [-0.39, 0.29) is 17.5 Å². The molecule has 0 aliphatic heterocycles. The zero-order chi connectivity index (χ0) is 20.1. The lowest BCUT2D eigenvalue weighted by Gasteiger charge is -2.20. The van der Waals surface area contributed by atoms with Gasteiger partial charge >= 0.3 is 0 Å². The molecule has 0 N–H and O–H groups in total. The second kappa shape index (κ2) is 9.01. The van der Waals surface area contributed by atoms with E-state index in [2.05, 4.69) is 16.3 Å². The summed E-state index contributed by atoms with van der Waals surface area (Å²) in [5.74, 6) is 0.245. The lowest BCUT2D eigenvalue weighted by molar-refractivity contribution is -0.128. The van der Waals surface area contributed by atoms with Gasteiger partial charge in [-0.05, 0) is 50.6 Å². The first-order chi connectivity index (χ1) is 13.4. The number of thioether (sulfide) groups is 1. The smallest absolute Gasteiger partial charge is 0.277 e. The van der Waals surface area contributed by atoms with E-state index in [1.54, 1.807) is 17.0 Å². The first kappa shape index (κ1) is 20.1. The maximum absolute atomic E-state index is 13.3. The van der Waals surface area contributed by atoms with Crippen molar-refractivity contribution in [3.8, 4) is 11.5 Å². The van der Waals surface area contributed by atoms with Gasteiger partial charge in [-0.25, -0.2) is 4.39 Å².